The molecule has 0 aromatic carbocycles. The number of nitrogens with one attached hydrogen (secondary N) is 1. The summed E-state index contributed by atoms with van der Waals surface area (Å²) in [5, 5.41) is 3.65. The molecule has 0 spiro atoms. The van der Waals surface area contributed by atoms with Gasteiger partial charge in [-0.2, -0.15) is 0 Å². The van der Waals surface area contributed by atoms with Crippen LogP contribution in [0.1, 0.15) is 25.7 Å². The Morgan fingerprint density at radius 3 is 2.75 bits per heavy atom. The lowest BCUT2D eigenvalue weighted by molar-refractivity contribution is 0.289. The predicted octanol–water partition coefficient (Wildman–Crippen LogP) is 1.08. The molecule has 2 saturated heterocycles. The van der Waals surface area contributed by atoms with E-state index in [0.717, 1.165) is 12.0 Å². The van der Waals surface area contributed by atoms with Gasteiger partial charge in [-0.05, 0) is 45.3 Å². The number of likely N-dealkylation sites (tertiary alicyclic amines) is 1. The molecule has 0 radical (unpaired) electrons. The van der Waals surface area contributed by atoms with Gasteiger partial charge in [0, 0.05) is 12.6 Å². The zero-order valence-electron chi connectivity index (χ0n) is 8.05. The van der Waals surface area contributed by atoms with E-state index in [9.17, 15) is 0 Å². The molecule has 0 bridgehead atoms. The van der Waals surface area contributed by atoms with Gasteiger partial charge in [0.05, 0.1) is 0 Å². The molecule has 0 aliphatic carbocycles. The van der Waals surface area contributed by atoms with Crippen molar-refractivity contribution in [2.24, 2.45) is 5.92 Å². The molecule has 2 fully saturated rings. The summed E-state index contributed by atoms with van der Waals surface area (Å²) < 4.78 is 0. The Hall–Kier alpha value is -0.0800. The number of hydrogen-bond acceptors (Lipinski definition) is 2. The molecular weight excluding hydrogens is 148 g/mol. The second-order valence-electron chi connectivity index (χ2n) is 4.37. The zero-order chi connectivity index (χ0) is 8.39. The monoisotopic (exact) mass is 168 g/mol. The molecule has 2 rings (SSSR count). The van der Waals surface area contributed by atoms with Gasteiger partial charge in [-0.15, -0.1) is 0 Å². The summed E-state index contributed by atoms with van der Waals surface area (Å²) in [6.45, 7) is 3.88. The Morgan fingerprint density at radius 2 is 2.17 bits per heavy atom. The molecule has 0 saturated carbocycles. The number of hydrogen-bond donors (Lipinski definition) is 1. The molecule has 2 nitrogen and oxygen atoms in total. The Morgan fingerprint density at radius 1 is 1.25 bits per heavy atom. The standard InChI is InChI=1S/C10H20N2/c1-12-7-5-9(8-12)10-4-2-3-6-11-10/h9-11H,2-8H2,1H3. The van der Waals surface area contributed by atoms with E-state index in [1.807, 2.05) is 0 Å². The SMILES string of the molecule is CN1CCC(C2CCCCN2)C1. The van der Waals surface area contributed by atoms with Crippen molar-refractivity contribution >= 4 is 0 Å². The van der Waals surface area contributed by atoms with E-state index in [1.54, 1.807) is 0 Å². The third-order valence-corrected chi connectivity index (χ3v) is 3.35. The van der Waals surface area contributed by atoms with Gasteiger partial charge in [-0.25, -0.2) is 0 Å². The van der Waals surface area contributed by atoms with Crippen LogP contribution < -0.4 is 5.32 Å². The van der Waals surface area contributed by atoms with E-state index >= 15 is 0 Å². The minimum Gasteiger partial charge on any atom is -0.314 e. The highest BCUT2D eigenvalue weighted by molar-refractivity contribution is 4.85. The van der Waals surface area contributed by atoms with Gasteiger partial charge < -0.3 is 10.2 Å². The first-order valence-electron chi connectivity index (χ1n) is 5.28. The number of nitrogens with zero attached hydrogens (tertiary/aromatic N) is 1. The first-order valence-corrected chi connectivity index (χ1v) is 5.28. The van der Waals surface area contributed by atoms with Crippen molar-refractivity contribution in [3.8, 4) is 0 Å². The van der Waals surface area contributed by atoms with Crippen LogP contribution in [0.4, 0.5) is 0 Å². The Labute approximate surface area is 75.3 Å². The van der Waals surface area contributed by atoms with Crippen molar-refractivity contribution < 1.29 is 0 Å². The lowest BCUT2D eigenvalue weighted by atomic mass is 9.92. The second kappa shape index (κ2) is 3.75. The molecule has 1 N–H and O–H groups in total. The highest BCUT2D eigenvalue weighted by atomic mass is 15.1. The lowest BCUT2D eigenvalue weighted by Crippen LogP contribution is -2.40. The van der Waals surface area contributed by atoms with Gasteiger partial charge in [0.1, 0.15) is 0 Å². The second-order valence-corrected chi connectivity index (χ2v) is 4.37. The fraction of sp³-hybridized carbons (Fsp3) is 1.00. The van der Waals surface area contributed by atoms with E-state index in [1.165, 1.54) is 45.3 Å². The molecule has 2 heteroatoms. The van der Waals surface area contributed by atoms with Crippen molar-refractivity contribution in [2.45, 2.75) is 31.7 Å². The number of piperidine rings is 1. The molecule has 2 unspecified atom stereocenters. The molecule has 2 atom stereocenters. The first kappa shape index (κ1) is 8.52. The smallest absolute Gasteiger partial charge is 0.0108 e. The van der Waals surface area contributed by atoms with E-state index in [0.29, 0.717) is 0 Å². The van der Waals surface area contributed by atoms with E-state index in [4.69, 9.17) is 0 Å². The third-order valence-electron chi connectivity index (χ3n) is 3.35. The Bertz CT molecular complexity index is 138. The summed E-state index contributed by atoms with van der Waals surface area (Å²) in [7, 11) is 2.24. The van der Waals surface area contributed by atoms with Crippen LogP contribution in [0.25, 0.3) is 0 Å². The predicted molar refractivity (Wildman–Crippen MR) is 51.2 cm³/mol. The van der Waals surface area contributed by atoms with Crippen molar-refractivity contribution in [3.05, 3.63) is 0 Å². The van der Waals surface area contributed by atoms with Crippen molar-refractivity contribution in [3.63, 3.8) is 0 Å². The largest absolute Gasteiger partial charge is 0.314 e. The summed E-state index contributed by atoms with van der Waals surface area (Å²) in [5.74, 6) is 0.940. The Kier molecular flexibility index (Phi) is 2.66. The maximum Gasteiger partial charge on any atom is 0.0108 e. The Balaban J connectivity index is 1.83. The summed E-state index contributed by atoms with van der Waals surface area (Å²) in [6.07, 6.45) is 5.66. The van der Waals surface area contributed by atoms with Gasteiger partial charge >= 0.3 is 0 Å². The van der Waals surface area contributed by atoms with Gasteiger partial charge in [-0.3, -0.25) is 0 Å². The maximum absolute atomic E-state index is 3.65. The van der Waals surface area contributed by atoms with Crippen LogP contribution in [-0.2, 0) is 0 Å². The van der Waals surface area contributed by atoms with Gasteiger partial charge in [0.15, 0.2) is 0 Å². The van der Waals surface area contributed by atoms with Gasteiger partial charge in [0.2, 0.25) is 0 Å². The molecule has 0 amide bonds. The van der Waals surface area contributed by atoms with Crippen LogP contribution >= 0.6 is 0 Å². The summed E-state index contributed by atoms with van der Waals surface area (Å²) in [5.41, 5.74) is 0. The van der Waals surface area contributed by atoms with Crippen LogP contribution in [-0.4, -0.2) is 37.6 Å². The molecule has 12 heavy (non-hydrogen) atoms. The van der Waals surface area contributed by atoms with E-state index in [2.05, 4.69) is 17.3 Å². The molecule has 2 aliphatic heterocycles. The van der Waals surface area contributed by atoms with Gasteiger partial charge in [-0.1, -0.05) is 6.42 Å². The highest BCUT2D eigenvalue weighted by Crippen LogP contribution is 2.23. The summed E-state index contributed by atoms with van der Waals surface area (Å²) >= 11 is 0. The molecule has 2 aliphatic rings. The average molecular weight is 168 g/mol. The number of rotatable bonds is 1. The third kappa shape index (κ3) is 1.80. The summed E-state index contributed by atoms with van der Waals surface area (Å²) in [6, 6.07) is 0.837. The first-order chi connectivity index (χ1) is 5.86. The quantitative estimate of drug-likeness (QED) is 0.630. The van der Waals surface area contributed by atoms with E-state index in [-0.39, 0.29) is 0 Å². The average Bonchev–Trinajstić information content (AvgIpc) is 2.54. The van der Waals surface area contributed by atoms with Crippen molar-refractivity contribution in [1.29, 1.82) is 0 Å². The molecule has 0 aromatic rings. The van der Waals surface area contributed by atoms with Crippen LogP contribution in [0.5, 0.6) is 0 Å². The molecule has 2 heterocycles. The van der Waals surface area contributed by atoms with Crippen molar-refractivity contribution in [1.82, 2.24) is 10.2 Å². The van der Waals surface area contributed by atoms with Crippen LogP contribution in [0.2, 0.25) is 0 Å². The fourth-order valence-electron chi connectivity index (χ4n) is 2.58. The fourth-order valence-corrected chi connectivity index (χ4v) is 2.58. The highest BCUT2D eigenvalue weighted by Gasteiger charge is 2.28. The van der Waals surface area contributed by atoms with Gasteiger partial charge in [0.25, 0.3) is 0 Å². The lowest BCUT2D eigenvalue weighted by Gasteiger charge is -2.28. The normalized spacial score (nSPS) is 38.8. The molecule has 70 valence electrons. The van der Waals surface area contributed by atoms with Crippen molar-refractivity contribution in [2.75, 3.05) is 26.7 Å². The minimum atomic E-state index is 0.837. The minimum absolute atomic E-state index is 0.837. The zero-order valence-corrected chi connectivity index (χ0v) is 8.05. The summed E-state index contributed by atoms with van der Waals surface area (Å²) in [4.78, 5) is 2.46. The van der Waals surface area contributed by atoms with Crippen LogP contribution in [0.3, 0.4) is 0 Å². The van der Waals surface area contributed by atoms with Crippen LogP contribution in [0, 0.1) is 5.92 Å². The molecular formula is C10H20N2. The topological polar surface area (TPSA) is 15.3 Å². The van der Waals surface area contributed by atoms with Crippen LogP contribution in [0.15, 0.2) is 0 Å². The maximum atomic E-state index is 3.65. The van der Waals surface area contributed by atoms with E-state index < -0.39 is 0 Å². The molecule has 0 aromatic heterocycles.